The number of likely N-dealkylation sites (tertiary alicyclic amines) is 1. The van der Waals surface area contributed by atoms with E-state index in [1.54, 1.807) is 26.2 Å². The van der Waals surface area contributed by atoms with E-state index in [2.05, 4.69) is 9.62 Å². The van der Waals surface area contributed by atoms with Gasteiger partial charge in [-0.15, -0.1) is 11.8 Å². The van der Waals surface area contributed by atoms with E-state index in [-0.39, 0.29) is 35.4 Å². The molecule has 15 heteroatoms. The highest BCUT2D eigenvalue weighted by Gasteiger charge is 2.60. The van der Waals surface area contributed by atoms with Crippen LogP contribution in [0.3, 0.4) is 0 Å². The first-order valence-corrected chi connectivity index (χ1v) is 15.2. The first-order valence-electron chi connectivity index (χ1n) is 12.8. The van der Waals surface area contributed by atoms with Gasteiger partial charge in [-0.2, -0.15) is 8.42 Å². The zero-order valence-electron chi connectivity index (χ0n) is 23.0. The molecule has 0 bridgehead atoms. The molecule has 222 valence electrons. The average Bonchev–Trinajstić information content (AvgIpc) is 3.37. The quantitative estimate of drug-likeness (QED) is 0.243. The Hall–Kier alpha value is -2.56. The second-order valence-electron chi connectivity index (χ2n) is 10.2. The normalized spacial score (nSPS) is 27.4. The Balaban J connectivity index is 1.60. The van der Waals surface area contributed by atoms with E-state index in [1.807, 2.05) is 6.92 Å². The van der Waals surface area contributed by atoms with Crippen molar-refractivity contribution in [1.82, 2.24) is 14.5 Å². The van der Waals surface area contributed by atoms with Crippen LogP contribution in [0.5, 0.6) is 17.2 Å². The van der Waals surface area contributed by atoms with Crippen LogP contribution in [0, 0.1) is 11.8 Å². The molecule has 3 aliphatic rings. The lowest BCUT2D eigenvalue weighted by molar-refractivity contribution is -0.163. The Kier molecular flexibility index (Phi) is 8.92. The first kappa shape index (κ1) is 30.4. The number of hydrogen-bond acceptors (Lipinski definition) is 10. The summed E-state index contributed by atoms with van der Waals surface area (Å²) in [5.41, 5.74) is 0.754. The molecule has 2 fully saturated rings. The number of β-lactam (4-membered cyclic amide) rings is 1. The van der Waals surface area contributed by atoms with Crippen LogP contribution in [0.2, 0.25) is 0 Å². The molecule has 3 heterocycles. The van der Waals surface area contributed by atoms with Gasteiger partial charge in [0.05, 0.1) is 39.4 Å². The van der Waals surface area contributed by atoms with Crippen molar-refractivity contribution >= 4 is 33.8 Å². The summed E-state index contributed by atoms with van der Waals surface area (Å²) in [5, 5.41) is 25.2. The number of rotatable bonds is 12. The Morgan fingerprint density at radius 3 is 2.38 bits per heavy atom. The van der Waals surface area contributed by atoms with Crippen LogP contribution in [0.15, 0.2) is 22.7 Å². The topological polar surface area (TPSA) is 181 Å². The van der Waals surface area contributed by atoms with Crippen molar-refractivity contribution in [2.75, 3.05) is 34.4 Å². The molecule has 4 rings (SSSR count). The molecule has 0 saturated carbocycles. The van der Waals surface area contributed by atoms with Crippen LogP contribution < -0.4 is 24.1 Å². The van der Waals surface area contributed by atoms with Gasteiger partial charge in [0.1, 0.15) is 11.4 Å². The van der Waals surface area contributed by atoms with E-state index in [9.17, 15) is 28.2 Å². The summed E-state index contributed by atoms with van der Waals surface area (Å²) in [5.74, 6) is -0.903. The number of nitrogens with one attached hydrogen (secondary N) is 1. The Morgan fingerprint density at radius 2 is 1.82 bits per heavy atom. The molecular formula is C25H36N4O9S2. The van der Waals surface area contributed by atoms with Crippen molar-refractivity contribution in [2.45, 2.75) is 50.3 Å². The number of aliphatic carboxylic acids is 1. The number of hydrogen-bond donors (Lipinski definition) is 4. The van der Waals surface area contributed by atoms with Gasteiger partial charge in [-0.3, -0.25) is 9.69 Å². The number of aliphatic hydroxyl groups excluding tert-OH is 1. The SMILES string of the molecule is COc1cc(OC)c(OC)cc1CN1C[C@@H](SC2=C(C(=O)O)N3C(=O)[C@H]([C@@H](C)O)[C@H]3[C@H]2C)C[C@H]1CNS(N)(=O)=O. The molecule has 6 atom stereocenters. The summed E-state index contributed by atoms with van der Waals surface area (Å²) in [4.78, 5) is 28.9. The number of benzene rings is 1. The molecule has 13 nitrogen and oxygen atoms in total. The molecule has 5 N–H and O–H groups in total. The molecule has 0 aromatic heterocycles. The Bertz CT molecular complexity index is 1300. The number of aliphatic hydroxyl groups is 1. The fraction of sp³-hybridized carbons (Fsp3) is 0.600. The predicted octanol–water partition coefficient (Wildman–Crippen LogP) is 0.335. The number of nitrogens with zero attached hydrogens (tertiary/aromatic N) is 2. The van der Waals surface area contributed by atoms with Crippen molar-refractivity contribution in [3.63, 3.8) is 0 Å². The fourth-order valence-electron chi connectivity index (χ4n) is 5.93. The summed E-state index contributed by atoms with van der Waals surface area (Å²) in [6.45, 7) is 4.36. The number of carboxylic acid groups (broad SMARTS) is 1. The van der Waals surface area contributed by atoms with Crippen molar-refractivity contribution in [3.8, 4) is 17.2 Å². The summed E-state index contributed by atoms with van der Waals surface area (Å²) >= 11 is 1.39. The molecule has 1 aromatic carbocycles. The number of carbonyl (C=O) groups is 2. The Labute approximate surface area is 237 Å². The molecule has 0 aliphatic carbocycles. The molecule has 0 radical (unpaired) electrons. The predicted molar refractivity (Wildman–Crippen MR) is 147 cm³/mol. The lowest BCUT2D eigenvalue weighted by Gasteiger charge is -2.46. The number of ether oxygens (including phenoxy) is 3. The van der Waals surface area contributed by atoms with E-state index in [1.165, 1.54) is 30.9 Å². The van der Waals surface area contributed by atoms with Gasteiger partial charge in [-0.05, 0) is 19.4 Å². The molecule has 40 heavy (non-hydrogen) atoms. The Morgan fingerprint density at radius 1 is 1.20 bits per heavy atom. The third kappa shape index (κ3) is 5.76. The first-order chi connectivity index (χ1) is 18.8. The van der Waals surface area contributed by atoms with Gasteiger partial charge in [0.25, 0.3) is 10.2 Å². The van der Waals surface area contributed by atoms with Crippen molar-refractivity contribution in [3.05, 3.63) is 28.3 Å². The van der Waals surface area contributed by atoms with Crippen LogP contribution in [0.4, 0.5) is 0 Å². The van der Waals surface area contributed by atoms with Gasteiger partial charge in [0.15, 0.2) is 11.5 Å². The number of fused-ring (bicyclic) bond motifs is 1. The number of carboxylic acids is 1. The maximum atomic E-state index is 12.7. The maximum absolute atomic E-state index is 12.7. The second-order valence-corrected chi connectivity index (χ2v) is 13.0. The van der Waals surface area contributed by atoms with Crippen LogP contribution in [0.1, 0.15) is 25.8 Å². The zero-order valence-corrected chi connectivity index (χ0v) is 24.6. The van der Waals surface area contributed by atoms with E-state index < -0.39 is 34.2 Å². The minimum Gasteiger partial charge on any atom is -0.496 e. The van der Waals surface area contributed by atoms with E-state index in [0.717, 1.165) is 5.56 Å². The highest BCUT2D eigenvalue weighted by Crippen LogP contribution is 2.52. The minimum absolute atomic E-state index is 0.0383. The maximum Gasteiger partial charge on any atom is 0.353 e. The second kappa shape index (κ2) is 11.7. The smallest absolute Gasteiger partial charge is 0.353 e. The number of thioether (sulfide) groups is 1. The lowest BCUT2D eigenvalue weighted by Crippen LogP contribution is -2.63. The average molecular weight is 601 g/mol. The van der Waals surface area contributed by atoms with Crippen LogP contribution in [-0.2, 0) is 26.3 Å². The number of carbonyl (C=O) groups excluding carboxylic acids is 1. The highest BCUT2D eigenvalue weighted by atomic mass is 32.2. The molecular weight excluding hydrogens is 564 g/mol. The van der Waals surface area contributed by atoms with Gasteiger partial charge in [0, 0.05) is 53.4 Å². The third-order valence-corrected chi connectivity index (χ3v) is 9.84. The van der Waals surface area contributed by atoms with Crippen LogP contribution in [-0.4, -0.2) is 98.2 Å². The summed E-state index contributed by atoms with van der Waals surface area (Å²) in [6.07, 6.45) is -0.354. The van der Waals surface area contributed by atoms with Crippen molar-refractivity contribution < 1.29 is 42.4 Å². The minimum atomic E-state index is -3.94. The van der Waals surface area contributed by atoms with Crippen LogP contribution >= 0.6 is 11.8 Å². The standard InChI is InChI=1S/C25H36N4O9S2/c1-12-21-20(13(2)30)24(31)29(21)22(25(32)33)23(12)39-16-7-15(9-27-40(26,34)35)28(11-16)10-14-6-18(37-4)19(38-5)8-17(14)36-3/h6,8,12-13,15-16,20-21,27,30H,7,9-11H2,1-5H3,(H,32,33)(H2,26,34,35)/t12-,13-,15+,16+,20-,21-/m1/s1. The fourth-order valence-corrected chi connectivity index (χ4v) is 7.95. The molecule has 0 unspecified atom stereocenters. The molecule has 1 amide bonds. The van der Waals surface area contributed by atoms with Crippen LogP contribution in [0.25, 0.3) is 0 Å². The van der Waals surface area contributed by atoms with Crippen molar-refractivity contribution in [2.24, 2.45) is 17.0 Å². The molecule has 0 spiro atoms. The van der Waals surface area contributed by atoms with Gasteiger partial charge < -0.3 is 29.3 Å². The lowest BCUT2D eigenvalue weighted by atomic mass is 9.79. The monoisotopic (exact) mass is 600 g/mol. The van der Waals surface area contributed by atoms with Gasteiger partial charge in [0.2, 0.25) is 5.91 Å². The van der Waals surface area contributed by atoms with Gasteiger partial charge >= 0.3 is 5.97 Å². The number of amides is 1. The van der Waals surface area contributed by atoms with E-state index in [4.69, 9.17) is 19.3 Å². The molecule has 1 aromatic rings. The highest BCUT2D eigenvalue weighted by molar-refractivity contribution is 8.03. The number of methoxy groups -OCH3 is 3. The van der Waals surface area contributed by atoms with E-state index >= 15 is 0 Å². The van der Waals surface area contributed by atoms with E-state index in [0.29, 0.717) is 41.7 Å². The molecule has 2 saturated heterocycles. The largest absolute Gasteiger partial charge is 0.496 e. The zero-order chi connectivity index (χ0) is 29.5. The summed E-state index contributed by atoms with van der Waals surface area (Å²) < 4.78 is 42.2. The number of nitrogens with two attached hydrogens (primary N) is 1. The summed E-state index contributed by atoms with van der Waals surface area (Å²) in [6, 6.07) is 2.86. The molecule has 3 aliphatic heterocycles. The third-order valence-electron chi connectivity index (χ3n) is 7.77. The van der Waals surface area contributed by atoms with Gasteiger partial charge in [-0.25, -0.2) is 14.7 Å². The van der Waals surface area contributed by atoms with Gasteiger partial charge in [-0.1, -0.05) is 6.92 Å². The summed E-state index contributed by atoms with van der Waals surface area (Å²) in [7, 11) is 0.662. The van der Waals surface area contributed by atoms with Crippen molar-refractivity contribution in [1.29, 1.82) is 0 Å².